The fourth-order valence-corrected chi connectivity index (χ4v) is 2.76. The first-order valence-corrected chi connectivity index (χ1v) is 6.77. The van der Waals surface area contributed by atoms with Crippen LogP contribution >= 0.6 is 0 Å². The summed E-state index contributed by atoms with van der Waals surface area (Å²) in [4.78, 5) is 15.6. The third-order valence-electron chi connectivity index (χ3n) is 4.07. The van der Waals surface area contributed by atoms with Crippen LogP contribution in [0.2, 0.25) is 0 Å². The monoisotopic (exact) mass is 254 g/mol. The van der Waals surface area contributed by atoms with Crippen LogP contribution in [0.25, 0.3) is 0 Å². The van der Waals surface area contributed by atoms with E-state index in [4.69, 9.17) is 0 Å². The molecule has 0 saturated heterocycles. The second-order valence-electron chi connectivity index (χ2n) is 5.18. The highest BCUT2D eigenvalue weighted by Gasteiger charge is 2.45. The molecule has 1 aromatic carbocycles. The molecule has 0 radical (unpaired) electrons. The first-order chi connectivity index (χ1) is 9.31. The standard InChI is InChI=1S/C16H18N2O/c19-15(18-12-14-8-4-11-17-14)16(9-5-10-16)13-6-2-1-3-7-13/h1-4,6-8,11,17H,5,9-10,12H2,(H,18,19). The zero-order chi connectivity index (χ0) is 13.1. The molecule has 1 saturated carbocycles. The average molecular weight is 254 g/mol. The van der Waals surface area contributed by atoms with E-state index in [9.17, 15) is 4.79 Å². The summed E-state index contributed by atoms with van der Waals surface area (Å²) in [6.45, 7) is 0.570. The second-order valence-corrected chi connectivity index (χ2v) is 5.18. The molecule has 0 unspecified atom stereocenters. The summed E-state index contributed by atoms with van der Waals surface area (Å²) in [6, 6.07) is 14.1. The van der Waals surface area contributed by atoms with Crippen molar-refractivity contribution in [3.05, 3.63) is 59.9 Å². The van der Waals surface area contributed by atoms with Gasteiger partial charge >= 0.3 is 0 Å². The van der Waals surface area contributed by atoms with Crippen LogP contribution in [0.1, 0.15) is 30.5 Å². The highest BCUT2D eigenvalue weighted by Crippen LogP contribution is 2.43. The predicted octanol–water partition coefficient (Wildman–Crippen LogP) is 2.75. The number of amides is 1. The number of aromatic amines is 1. The maximum atomic E-state index is 12.5. The summed E-state index contributed by atoms with van der Waals surface area (Å²) in [7, 11) is 0. The normalized spacial score (nSPS) is 16.6. The van der Waals surface area contributed by atoms with Crippen molar-refractivity contribution in [1.29, 1.82) is 0 Å². The maximum absolute atomic E-state index is 12.5. The number of hydrogen-bond acceptors (Lipinski definition) is 1. The molecule has 2 aromatic rings. The molecule has 1 aromatic heterocycles. The molecule has 1 aliphatic carbocycles. The van der Waals surface area contributed by atoms with E-state index in [1.807, 2.05) is 36.5 Å². The van der Waals surface area contributed by atoms with Crippen molar-refractivity contribution < 1.29 is 4.79 Å². The van der Waals surface area contributed by atoms with Crippen LogP contribution in [0, 0.1) is 0 Å². The van der Waals surface area contributed by atoms with E-state index in [2.05, 4.69) is 22.4 Å². The number of benzene rings is 1. The van der Waals surface area contributed by atoms with Gasteiger partial charge in [0.15, 0.2) is 0 Å². The maximum Gasteiger partial charge on any atom is 0.230 e. The zero-order valence-corrected chi connectivity index (χ0v) is 10.9. The quantitative estimate of drug-likeness (QED) is 0.865. The Bertz CT molecular complexity index is 541. The largest absolute Gasteiger partial charge is 0.364 e. The number of H-pyrrole nitrogens is 1. The Morgan fingerprint density at radius 2 is 1.95 bits per heavy atom. The number of aromatic nitrogens is 1. The molecule has 1 amide bonds. The van der Waals surface area contributed by atoms with Crippen molar-refractivity contribution >= 4 is 5.91 Å². The minimum Gasteiger partial charge on any atom is -0.364 e. The molecule has 1 heterocycles. The molecule has 98 valence electrons. The topological polar surface area (TPSA) is 44.9 Å². The van der Waals surface area contributed by atoms with Crippen molar-refractivity contribution in [3.63, 3.8) is 0 Å². The van der Waals surface area contributed by atoms with Gasteiger partial charge in [0.2, 0.25) is 5.91 Å². The highest BCUT2D eigenvalue weighted by atomic mass is 16.2. The lowest BCUT2D eigenvalue weighted by molar-refractivity contribution is -0.130. The van der Waals surface area contributed by atoms with Crippen molar-refractivity contribution in [2.45, 2.75) is 31.2 Å². The lowest BCUT2D eigenvalue weighted by Gasteiger charge is -2.40. The Labute approximate surface area is 113 Å². The predicted molar refractivity (Wildman–Crippen MR) is 74.6 cm³/mol. The summed E-state index contributed by atoms with van der Waals surface area (Å²) in [5.41, 5.74) is 1.88. The summed E-state index contributed by atoms with van der Waals surface area (Å²) in [6.07, 6.45) is 4.91. The van der Waals surface area contributed by atoms with E-state index >= 15 is 0 Å². The van der Waals surface area contributed by atoms with E-state index in [0.29, 0.717) is 6.54 Å². The lowest BCUT2D eigenvalue weighted by atomic mass is 9.64. The van der Waals surface area contributed by atoms with Gasteiger partial charge in [-0.2, -0.15) is 0 Å². The van der Waals surface area contributed by atoms with Crippen LogP contribution in [0.5, 0.6) is 0 Å². The Hall–Kier alpha value is -2.03. The van der Waals surface area contributed by atoms with E-state index < -0.39 is 0 Å². The van der Waals surface area contributed by atoms with Crippen molar-refractivity contribution in [3.8, 4) is 0 Å². The molecule has 1 fully saturated rings. The van der Waals surface area contributed by atoms with Crippen molar-refractivity contribution in [1.82, 2.24) is 10.3 Å². The molecular formula is C16H18N2O. The van der Waals surface area contributed by atoms with Gasteiger partial charge in [-0.25, -0.2) is 0 Å². The Balaban J connectivity index is 1.73. The number of rotatable bonds is 4. The van der Waals surface area contributed by atoms with E-state index in [-0.39, 0.29) is 11.3 Å². The zero-order valence-electron chi connectivity index (χ0n) is 10.9. The number of hydrogen-bond donors (Lipinski definition) is 2. The second kappa shape index (κ2) is 4.92. The van der Waals surface area contributed by atoms with Gasteiger partial charge in [-0.15, -0.1) is 0 Å². The van der Waals surface area contributed by atoms with Gasteiger partial charge in [0, 0.05) is 11.9 Å². The lowest BCUT2D eigenvalue weighted by Crippen LogP contribution is -2.49. The van der Waals surface area contributed by atoms with Crippen molar-refractivity contribution in [2.75, 3.05) is 0 Å². The SMILES string of the molecule is O=C(NCc1ccc[nH]1)C1(c2ccccc2)CCC1. The number of carbonyl (C=O) groups excluding carboxylic acids is 1. The van der Waals surface area contributed by atoms with Gasteiger partial charge in [-0.3, -0.25) is 4.79 Å². The van der Waals surface area contributed by atoms with E-state index in [0.717, 1.165) is 30.5 Å². The van der Waals surface area contributed by atoms with Gasteiger partial charge in [0.1, 0.15) is 0 Å². The first kappa shape index (κ1) is 12.0. The fourth-order valence-electron chi connectivity index (χ4n) is 2.76. The molecule has 3 heteroatoms. The third kappa shape index (κ3) is 2.16. The van der Waals surface area contributed by atoms with Crippen molar-refractivity contribution in [2.24, 2.45) is 0 Å². The number of carbonyl (C=O) groups is 1. The van der Waals surface area contributed by atoms with Gasteiger partial charge in [0.25, 0.3) is 0 Å². The summed E-state index contributed by atoms with van der Waals surface area (Å²) in [5.74, 6) is 0.152. The third-order valence-corrected chi connectivity index (χ3v) is 4.07. The summed E-state index contributed by atoms with van der Waals surface area (Å²) in [5, 5.41) is 3.06. The average Bonchev–Trinajstić information content (AvgIpc) is 2.89. The molecule has 0 bridgehead atoms. The van der Waals surface area contributed by atoms with E-state index in [1.165, 1.54) is 0 Å². The molecule has 3 nitrogen and oxygen atoms in total. The molecule has 0 spiro atoms. The molecule has 2 N–H and O–H groups in total. The van der Waals surface area contributed by atoms with Gasteiger partial charge < -0.3 is 10.3 Å². The fraction of sp³-hybridized carbons (Fsp3) is 0.312. The van der Waals surface area contributed by atoms with Crippen LogP contribution in [-0.4, -0.2) is 10.9 Å². The molecule has 19 heavy (non-hydrogen) atoms. The molecule has 1 aliphatic rings. The van der Waals surface area contributed by atoms with Crippen LogP contribution in [-0.2, 0) is 16.8 Å². The summed E-state index contributed by atoms with van der Waals surface area (Å²) < 4.78 is 0. The Morgan fingerprint density at radius 3 is 2.53 bits per heavy atom. The minimum absolute atomic E-state index is 0.152. The minimum atomic E-state index is -0.298. The van der Waals surface area contributed by atoms with Gasteiger partial charge in [-0.1, -0.05) is 36.8 Å². The van der Waals surface area contributed by atoms with Crippen LogP contribution < -0.4 is 5.32 Å². The van der Waals surface area contributed by atoms with Crippen LogP contribution in [0.3, 0.4) is 0 Å². The van der Waals surface area contributed by atoms with Crippen LogP contribution in [0.4, 0.5) is 0 Å². The molecule has 0 aliphatic heterocycles. The number of nitrogens with one attached hydrogen (secondary N) is 2. The van der Waals surface area contributed by atoms with Gasteiger partial charge in [0.05, 0.1) is 12.0 Å². The van der Waals surface area contributed by atoms with Gasteiger partial charge in [-0.05, 0) is 30.5 Å². The molecular weight excluding hydrogens is 236 g/mol. The Kier molecular flexibility index (Phi) is 3.11. The smallest absolute Gasteiger partial charge is 0.230 e. The van der Waals surface area contributed by atoms with E-state index in [1.54, 1.807) is 0 Å². The highest BCUT2D eigenvalue weighted by molar-refractivity contribution is 5.89. The molecule has 3 rings (SSSR count). The van der Waals surface area contributed by atoms with Crippen LogP contribution in [0.15, 0.2) is 48.7 Å². The molecule has 0 atom stereocenters. The summed E-state index contributed by atoms with van der Waals surface area (Å²) >= 11 is 0. The Morgan fingerprint density at radius 1 is 1.16 bits per heavy atom. The first-order valence-electron chi connectivity index (χ1n) is 6.77.